The van der Waals surface area contributed by atoms with Gasteiger partial charge in [-0.25, -0.2) is 13.1 Å². The summed E-state index contributed by atoms with van der Waals surface area (Å²) in [5.74, 6) is -0.327. The average Bonchev–Trinajstić information content (AvgIpc) is 3.34. The Hall–Kier alpha value is -2.38. The third kappa shape index (κ3) is 4.00. The summed E-state index contributed by atoms with van der Waals surface area (Å²) in [7, 11) is -3.59. The van der Waals surface area contributed by atoms with Crippen LogP contribution in [0.5, 0.6) is 0 Å². The lowest BCUT2D eigenvalue weighted by Crippen LogP contribution is -2.26. The molecule has 2 aromatic carbocycles. The van der Waals surface area contributed by atoms with Gasteiger partial charge in [0.05, 0.1) is 4.90 Å². The fourth-order valence-corrected chi connectivity index (χ4v) is 4.11. The summed E-state index contributed by atoms with van der Waals surface area (Å²) in [5.41, 5.74) is 8.55. The van der Waals surface area contributed by atoms with Crippen LogP contribution in [0.2, 0.25) is 0 Å². The molecule has 0 heterocycles. The summed E-state index contributed by atoms with van der Waals surface area (Å²) in [4.78, 5) is 12.7. The van der Waals surface area contributed by atoms with Crippen molar-refractivity contribution < 1.29 is 13.2 Å². The summed E-state index contributed by atoms with van der Waals surface area (Å²) in [5, 5.41) is 2.75. The quantitative estimate of drug-likeness (QED) is 0.714. The van der Waals surface area contributed by atoms with Crippen LogP contribution in [0.15, 0.2) is 41.3 Å². The number of carbonyl (C=O) groups is 1. The lowest BCUT2D eigenvalue weighted by Gasteiger charge is -2.12. The normalized spacial score (nSPS) is 14.3. The SMILES string of the molecule is Cc1ccc(N)cc1C(=O)Nc1ccc(C)c(S(=O)(=O)NC2CC2)c1. The fourth-order valence-electron chi connectivity index (χ4n) is 2.53. The molecule has 0 aromatic heterocycles. The minimum absolute atomic E-state index is 0.0255. The van der Waals surface area contributed by atoms with Crippen molar-refractivity contribution in [3.63, 3.8) is 0 Å². The topological polar surface area (TPSA) is 101 Å². The van der Waals surface area contributed by atoms with E-state index in [1.54, 1.807) is 37.3 Å². The molecule has 132 valence electrons. The van der Waals surface area contributed by atoms with Crippen LogP contribution in [0.1, 0.15) is 34.3 Å². The first-order valence-electron chi connectivity index (χ1n) is 8.07. The van der Waals surface area contributed by atoms with Crippen molar-refractivity contribution in [3.8, 4) is 0 Å². The molecule has 1 aliphatic rings. The molecule has 0 unspecified atom stereocenters. The number of nitrogens with one attached hydrogen (secondary N) is 2. The number of anilines is 2. The Kier molecular flexibility index (Phi) is 4.53. The van der Waals surface area contributed by atoms with Gasteiger partial charge >= 0.3 is 0 Å². The van der Waals surface area contributed by atoms with E-state index in [2.05, 4.69) is 10.0 Å². The molecule has 1 fully saturated rings. The van der Waals surface area contributed by atoms with Crippen LogP contribution < -0.4 is 15.8 Å². The molecule has 0 radical (unpaired) electrons. The highest BCUT2D eigenvalue weighted by atomic mass is 32.2. The number of hydrogen-bond acceptors (Lipinski definition) is 4. The minimum Gasteiger partial charge on any atom is -0.399 e. The Labute approximate surface area is 147 Å². The molecule has 0 saturated heterocycles. The molecular weight excluding hydrogens is 338 g/mol. The molecule has 6 nitrogen and oxygen atoms in total. The summed E-state index contributed by atoms with van der Waals surface area (Å²) in [6.45, 7) is 3.55. The van der Waals surface area contributed by atoms with E-state index in [4.69, 9.17) is 5.73 Å². The third-order valence-corrected chi connectivity index (χ3v) is 5.80. The number of hydrogen-bond donors (Lipinski definition) is 3. The van der Waals surface area contributed by atoms with Gasteiger partial charge in [-0.1, -0.05) is 12.1 Å². The summed E-state index contributed by atoms with van der Waals surface area (Å²) in [6, 6.07) is 9.98. The van der Waals surface area contributed by atoms with Crippen molar-refractivity contribution in [3.05, 3.63) is 53.1 Å². The molecule has 1 aliphatic carbocycles. The van der Waals surface area contributed by atoms with Crippen molar-refractivity contribution in [2.75, 3.05) is 11.1 Å². The number of nitrogens with two attached hydrogens (primary N) is 1. The second-order valence-corrected chi connectivity index (χ2v) is 8.09. The fraction of sp³-hybridized carbons (Fsp3) is 0.278. The predicted octanol–water partition coefficient (Wildman–Crippen LogP) is 2.58. The minimum atomic E-state index is -3.59. The lowest BCUT2D eigenvalue weighted by atomic mass is 10.1. The van der Waals surface area contributed by atoms with Crippen LogP contribution in [-0.2, 0) is 10.0 Å². The molecule has 0 spiro atoms. The van der Waals surface area contributed by atoms with E-state index < -0.39 is 10.0 Å². The highest BCUT2D eigenvalue weighted by molar-refractivity contribution is 7.89. The van der Waals surface area contributed by atoms with Crippen molar-refractivity contribution >= 4 is 27.3 Å². The largest absolute Gasteiger partial charge is 0.399 e. The number of carbonyl (C=O) groups excluding carboxylic acids is 1. The Morgan fingerprint density at radius 3 is 2.44 bits per heavy atom. The van der Waals surface area contributed by atoms with Gasteiger partial charge in [0.2, 0.25) is 10.0 Å². The maximum Gasteiger partial charge on any atom is 0.256 e. The predicted molar refractivity (Wildman–Crippen MR) is 98.1 cm³/mol. The molecule has 1 amide bonds. The van der Waals surface area contributed by atoms with E-state index in [0.29, 0.717) is 22.5 Å². The van der Waals surface area contributed by atoms with Gasteiger partial charge in [0, 0.05) is 23.0 Å². The van der Waals surface area contributed by atoms with Crippen LogP contribution in [0.3, 0.4) is 0 Å². The molecular formula is C18H21N3O3S. The van der Waals surface area contributed by atoms with Gasteiger partial charge < -0.3 is 11.1 Å². The standard InChI is InChI=1S/C18H21N3O3S/c1-11-3-5-13(19)9-16(11)18(22)20-15-6-4-12(2)17(10-15)25(23,24)21-14-7-8-14/h3-6,9-10,14,21H,7-8,19H2,1-2H3,(H,20,22). The van der Waals surface area contributed by atoms with Crippen LogP contribution in [0, 0.1) is 13.8 Å². The number of aryl methyl sites for hydroxylation is 2. The number of rotatable bonds is 5. The first kappa shape index (κ1) is 17.4. The van der Waals surface area contributed by atoms with Crippen LogP contribution >= 0.6 is 0 Å². The van der Waals surface area contributed by atoms with Crippen molar-refractivity contribution in [2.24, 2.45) is 0 Å². The number of sulfonamides is 1. The Morgan fingerprint density at radius 2 is 1.76 bits per heavy atom. The highest BCUT2D eigenvalue weighted by Crippen LogP contribution is 2.26. The van der Waals surface area contributed by atoms with Crippen molar-refractivity contribution in [2.45, 2.75) is 37.6 Å². The molecule has 25 heavy (non-hydrogen) atoms. The van der Waals surface area contributed by atoms with E-state index in [9.17, 15) is 13.2 Å². The summed E-state index contributed by atoms with van der Waals surface area (Å²) >= 11 is 0. The Balaban J connectivity index is 1.87. The average molecular weight is 359 g/mol. The van der Waals surface area contributed by atoms with Gasteiger partial charge in [-0.3, -0.25) is 4.79 Å². The van der Waals surface area contributed by atoms with Crippen LogP contribution in [-0.4, -0.2) is 20.4 Å². The van der Waals surface area contributed by atoms with E-state index in [1.165, 1.54) is 6.07 Å². The van der Waals surface area contributed by atoms with Gasteiger partial charge in [0.15, 0.2) is 0 Å². The van der Waals surface area contributed by atoms with E-state index >= 15 is 0 Å². The maximum atomic E-state index is 12.5. The molecule has 1 saturated carbocycles. The third-order valence-electron chi connectivity index (χ3n) is 4.14. The second kappa shape index (κ2) is 6.50. The van der Waals surface area contributed by atoms with Gasteiger partial charge in [-0.2, -0.15) is 0 Å². The summed E-state index contributed by atoms with van der Waals surface area (Å²) < 4.78 is 27.6. The van der Waals surface area contributed by atoms with E-state index in [-0.39, 0.29) is 16.8 Å². The van der Waals surface area contributed by atoms with E-state index in [1.807, 2.05) is 6.92 Å². The molecule has 0 atom stereocenters. The smallest absolute Gasteiger partial charge is 0.256 e. The van der Waals surface area contributed by atoms with Gasteiger partial charge in [-0.05, 0) is 62.1 Å². The van der Waals surface area contributed by atoms with Crippen LogP contribution in [0.25, 0.3) is 0 Å². The zero-order chi connectivity index (χ0) is 18.2. The number of benzene rings is 2. The Morgan fingerprint density at radius 1 is 1.08 bits per heavy atom. The zero-order valence-corrected chi connectivity index (χ0v) is 15.0. The molecule has 7 heteroatoms. The van der Waals surface area contributed by atoms with Gasteiger partial charge in [0.25, 0.3) is 5.91 Å². The molecule has 0 aliphatic heterocycles. The Bertz CT molecular complexity index is 935. The molecule has 4 N–H and O–H groups in total. The molecule has 3 rings (SSSR count). The lowest BCUT2D eigenvalue weighted by molar-refractivity contribution is 0.102. The maximum absolute atomic E-state index is 12.5. The zero-order valence-electron chi connectivity index (χ0n) is 14.2. The molecule has 0 bridgehead atoms. The van der Waals surface area contributed by atoms with Crippen molar-refractivity contribution in [1.29, 1.82) is 0 Å². The van der Waals surface area contributed by atoms with Gasteiger partial charge in [0.1, 0.15) is 0 Å². The number of nitrogen functional groups attached to an aromatic ring is 1. The highest BCUT2D eigenvalue weighted by Gasteiger charge is 2.29. The summed E-state index contributed by atoms with van der Waals surface area (Å²) in [6.07, 6.45) is 1.73. The first-order valence-corrected chi connectivity index (χ1v) is 9.55. The van der Waals surface area contributed by atoms with E-state index in [0.717, 1.165) is 18.4 Å². The monoisotopic (exact) mass is 359 g/mol. The number of amides is 1. The van der Waals surface area contributed by atoms with Crippen molar-refractivity contribution in [1.82, 2.24) is 4.72 Å². The van der Waals surface area contributed by atoms with Crippen LogP contribution in [0.4, 0.5) is 11.4 Å². The second-order valence-electron chi connectivity index (χ2n) is 6.40. The first-order chi connectivity index (χ1) is 11.8. The van der Waals surface area contributed by atoms with Gasteiger partial charge in [-0.15, -0.1) is 0 Å². The molecule has 2 aromatic rings.